The third-order valence-corrected chi connectivity index (χ3v) is 9.45. The molecule has 236 valence electrons. The van der Waals surface area contributed by atoms with E-state index in [1.54, 1.807) is 60.2 Å². The van der Waals surface area contributed by atoms with Crippen LogP contribution in [0.3, 0.4) is 0 Å². The van der Waals surface area contributed by atoms with Crippen molar-refractivity contribution in [3.63, 3.8) is 0 Å². The Morgan fingerprint density at radius 1 is 1.04 bits per heavy atom. The van der Waals surface area contributed by atoms with Gasteiger partial charge in [0.25, 0.3) is 10.0 Å². The molecule has 0 aromatic heterocycles. The van der Waals surface area contributed by atoms with Crippen LogP contribution in [-0.4, -0.2) is 74.2 Å². The Balaban J connectivity index is 1.41. The van der Waals surface area contributed by atoms with Crippen LogP contribution in [0.25, 0.3) is 10.8 Å². The van der Waals surface area contributed by atoms with Crippen molar-refractivity contribution in [1.29, 1.82) is 0 Å². The monoisotopic (exact) mass is 630 g/mol. The number of benzene rings is 4. The van der Waals surface area contributed by atoms with Gasteiger partial charge in [0.15, 0.2) is 0 Å². The van der Waals surface area contributed by atoms with E-state index >= 15 is 0 Å². The van der Waals surface area contributed by atoms with Gasteiger partial charge in [0.05, 0.1) is 36.2 Å². The fourth-order valence-electron chi connectivity index (χ4n) is 5.42. The molecule has 3 atom stereocenters. The molecule has 0 unspecified atom stereocenters. The molecule has 45 heavy (non-hydrogen) atoms. The number of carbonyl (C=O) groups is 2. The molecule has 10 nitrogen and oxygen atoms in total. The van der Waals surface area contributed by atoms with Gasteiger partial charge in [0.2, 0.25) is 5.91 Å². The summed E-state index contributed by atoms with van der Waals surface area (Å²) in [6.45, 7) is 3.99. The minimum Gasteiger partial charge on any atom is -0.488 e. The number of anilines is 2. The van der Waals surface area contributed by atoms with Gasteiger partial charge in [-0.2, -0.15) is 0 Å². The van der Waals surface area contributed by atoms with Crippen LogP contribution in [0.15, 0.2) is 95.9 Å². The number of aliphatic hydroxyl groups excluding tert-OH is 1. The lowest BCUT2D eigenvalue weighted by atomic mass is 10.0. The second-order valence-electron chi connectivity index (χ2n) is 11.5. The molecule has 0 spiro atoms. The van der Waals surface area contributed by atoms with Crippen molar-refractivity contribution in [2.24, 2.45) is 5.92 Å². The van der Waals surface area contributed by atoms with E-state index in [9.17, 15) is 23.1 Å². The fraction of sp³-hybridized carbons (Fsp3) is 0.294. The van der Waals surface area contributed by atoms with Gasteiger partial charge in [-0.3, -0.25) is 9.52 Å². The molecule has 0 bridgehead atoms. The van der Waals surface area contributed by atoms with Gasteiger partial charge < -0.3 is 25.0 Å². The van der Waals surface area contributed by atoms with Crippen molar-refractivity contribution >= 4 is 44.1 Å². The number of likely N-dealkylation sites (N-methyl/N-ethyl adjacent to an activating group) is 1. The molecule has 0 radical (unpaired) electrons. The molecule has 0 fully saturated rings. The lowest BCUT2D eigenvalue weighted by Gasteiger charge is -2.34. The SMILES string of the molecule is C[C@H]1CN([C@@H](C)CO)C(=O)Cc2cc(NS(=O)(=O)c3ccccc3)ccc2O[C@@H]1CN(C)C(=O)Nc1cccc2ccccc12. The third-order valence-electron chi connectivity index (χ3n) is 8.05. The summed E-state index contributed by atoms with van der Waals surface area (Å²) < 4.78 is 35.1. The number of nitrogens with one attached hydrogen (secondary N) is 2. The average molecular weight is 631 g/mol. The second kappa shape index (κ2) is 13.6. The van der Waals surface area contributed by atoms with Crippen molar-refractivity contribution in [2.45, 2.75) is 37.3 Å². The zero-order valence-corrected chi connectivity index (χ0v) is 26.3. The van der Waals surface area contributed by atoms with Gasteiger partial charge in [-0.25, -0.2) is 13.2 Å². The standard InChI is InChI=1S/C34H38N4O6S/c1-23-20-38(24(2)22-39)33(40)19-26-18-27(36-45(42,43)28-12-5-4-6-13-28)16-17-31(26)44-32(23)21-37(3)34(41)35-30-15-9-11-25-10-7-8-14-29(25)30/h4-18,23-24,32,36,39H,19-22H2,1-3H3,(H,35,41)/t23-,24-,32+/m0/s1. The maximum atomic E-state index is 13.5. The molecule has 4 aromatic carbocycles. The van der Waals surface area contributed by atoms with Gasteiger partial charge in [-0.05, 0) is 48.7 Å². The molecular formula is C34H38N4O6S. The summed E-state index contributed by atoms with van der Waals surface area (Å²) in [4.78, 5) is 30.2. The number of amides is 3. The lowest BCUT2D eigenvalue weighted by molar-refractivity contribution is -0.134. The summed E-state index contributed by atoms with van der Waals surface area (Å²) in [5, 5.41) is 14.9. The molecule has 3 amide bonds. The number of carbonyl (C=O) groups excluding carboxylic acids is 2. The quantitative estimate of drug-likeness (QED) is 0.253. The number of nitrogens with zero attached hydrogens (tertiary/aromatic N) is 2. The van der Waals surface area contributed by atoms with Crippen molar-refractivity contribution < 1.29 is 27.9 Å². The maximum absolute atomic E-state index is 13.5. The largest absolute Gasteiger partial charge is 0.488 e. The van der Waals surface area contributed by atoms with Crippen molar-refractivity contribution in [3.05, 3.63) is 96.6 Å². The van der Waals surface area contributed by atoms with Crippen molar-refractivity contribution in [3.8, 4) is 5.75 Å². The highest BCUT2D eigenvalue weighted by Gasteiger charge is 2.32. The Morgan fingerprint density at radius 3 is 2.51 bits per heavy atom. The average Bonchev–Trinajstić information content (AvgIpc) is 3.08. The van der Waals surface area contributed by atoms with Crippen LogP contribution in [-0.2, 0) is 21.2 Å². The van der Waals surface area contributed by atoms with Crippen LogP contribution in [0.5, 0.6) is 5.75 Å². The number of ether oxygens (including phenoxy) is 1. The number of fused-ring (bicyclic) bond motifs is 2. The van der Waals surface area contributed by atoms with Gasteiger partial charge >= 0.3 is 6.03 Å². The molecule has 0 aliphatic carbocycles. The highest BCUT2D eigenvalue weighted by atomic mass is 32.2. The first-order valence-corrected chi connectivity index (χ1v) is 16.3. The number of hydrogen-bond donors (Lipinski definition) is 3. The lowest BCUT2D eigenvalue weighted by Crippen LogP contribution is -2.48. The molecule has 11 heteroatoms. The molecule has 1 aliphatic heterocycles. The van der Waals surface area contributed by atoms with Gasteiger partial charge in [-0.15, -0.1) is 0 Å². The summed E-state index contributed by atoms with van der Waals surface area (Å²) in [6.07, 6.45) is -0.588. The maximum Gasteiger partial charge on any atom is 0.321 e. The van der Waals surface area contributed by atoms with E-state index in [4.69, 9.17) is 4.74 Å². The molecule has 0 saturated carbocycles. The summed E-state index contributed by atoms with van der Waals surface area (Å²) in [6, 6.07) is 25.6. The second-order valence-corrected chi connectivity index (χ2v) is 13.1. The summed E-state index contributed by atoms with van der Waals surface area (Å²) >= 11 is 0. The molecule has 1 aliphatic rings. The van der Waals surface area contributed by atoms with Crippen LogP contribution < -0.4 is 14.8 Å². The number of aliphatic hydroxyl groups is 1. The van der Waals surface area contributed by atoms with Crippen LogP contribution in [0.4, 0.5) is 16.2 Å². The number of rotatable bonds is 8. The Hall–Kier alpha value is -4.61. The normalized spacial score (nSPS) is 17.7. The van der Waals surface area contributed by atoms with Gasteiger partial charge in [-0.1, -0.05) is 61.5 Å². The first kappa shape index (κ1) is 31.8. The van der Waals surface area contributed by atoms with Crippen LogP contribution >= 0.6 is 0 Å². The topological polar surface area (TPSA) is 128 Å². The molecule has 1 heterocycles. The Bertz CT molecular complexity index is 1780. The minimum atomic E-state index is -3.86. The van der Waals surface area contributed by atoms with Crippen molar-refractivity contribution in [2.75, 3.05) is 36.8 Å². The van der Waals surface area contributed by atoms with E-state index in [0.29, 0.717) is 23.5 Å². The summed E-state index contributed by atoms with van der Waals surface area (Å²) in [7, 11) is -2.17. The van der Waals surface area contributed by atoms with Crippen LogP contribution in [0.2, 0.25) is 0 Å². The number of urea groups is 1. The van der Waals surface area contributed by atoms with Crippen LogP contribution in [0, 0.1) is 5.92 Å². The number of sulfonamides is 1. The molecular weight excluding hydrogens is 592 g/mol. The zero-order chi connectivity index (χ0) is 32.1. The predicted octanol–water partition coefficient (Wildman–Crippen LogP) is 4.95. The third kappa shape index (κ3) is 7.38. The zero-order valence-electron chi connectivity index (χ0n) is 25.5. The summed E-state index contributed by atoms with van der Waals surface area (Å²) in [5.41, 5.74) is 1.47. The number of hydrogen-bond acceptors (Lipinski definition) is 6. The first-order chi connectivity index (χ1) is 21.6. The minimum absolute atomic E-state index is 0.0581. The first-order valence-electron chi connectivity index (χ1n) is 14.8. The van der Waals surface area contributed by atoms with E-state index < -0.39 is 22.2 Å². The molecule has 4 aromatic rings. The van der Waals surface area contributed by atoms with Crippen LogP contribution in [0.1, 0.15) is 19.4 Å². The summed E-state index contributed by atoms with van der Waals surface area (Å²) in [5.74, 6) is -0.0267. The highest BCUT2D eigenvalue weighted by Crippen LogP contribution is 2.30. The van der Waals surface area contributed by atoms with E-state index in [1.165, 1.54) is 12.1 Å². The Morgan fingerprint density at radius 2 is 1.76 bits per heavy atom. The molecule has 0 saturated heterocycles. The highest BCUT2D eigenvalue weighted by molar-refractivity contribution is 7.92. The predicted molar refractivity (Wildman–Crippen MR) is 175 cm³/mol. The molecule has 3 N–H and O–H groups in total. The van der Waals surface area contributed by atoms with Crippen molar-refractivity contribution in [1.82, 2.24) is 9.80 Å². The van der Waals surface area contributed by atoms with E-state index in [0.717, 1.165) is 10.8 Å². The smallest absolute Gasteiger partial charge is 0.321 e. The van der Waals surface area contributed by atoms with E-state index in [1.807, 2.05) is 49.4 Å². The Labute approximate surface area is 263 Å². The van der Waals surface area contributed by atoms with Gasteiger partial charge in [0, 0.05) is 36.1 Å². The molecule has 5 rings (SSSR count). The van der Waals surface area contributed by atoms with E-state index in [2.05, 4.69) is 10.0 Å². The fourth-order valence-corrected chi connectivity index (χ4v) is 6.49. The Kier molecular flexibility index (Phi) is 9.60. The van der Waals surface area contributed by atoms with Gasteiger partial charge in [0.1, 0.15) is 11.9 Å². The van der Waals surface area contributed by atoms with E-state index in [-0.39, 0.29) is 48.0 Å².